The van der Waals surface area contributed by atoms with Crippen LogP contribution in [-0.4, -0.2) is 17.3 Å². The zero-order valence-electron chi connectivity index (χ0n) is 7.72. The normalized spacial score (nSPS) is 17.4. The summed E-state index contributed by atoms with van der Waals surface area (Å²) in [6.45, 7) is 0.790. The van der Waals surface area contributed by atoms with E-state index in [9.17, 15) is 0 Å². The number of hydrogen-bond acceptors (Lipinski definition) is 2. The fourth-order valence-electron chi connectivity index (χ4n) is 1.74. The Kier molecular flexibility index (Phi) is 1.53. The van der Waals surface area contributed by atoms with Gasteiger partial charge in [-0.1, -0.05) is 24.3 Å². The first-order valence-electron chi connectivity index (χ1n) is 4.71. The van der Waals surface area contributed by atoms with Gasteiger partial charge in [0.2, 0.25) is 0 Å². The molecule has 68 valence electrons. The average molecular weight is 182 g/mol. The van der Waals surface area contributed by atoms with Gasteiger partial charge in [-0.3, -0.25) is 4.99 Å². The Morgan fingerprint density at radius 3 is 2.93 bits per heavy atom. The van der Waals surface area contributed by atoms with Crippen LogP contribution < -0.4 is 10.4 Å². The lowest BCUT2D eigenvalue weighted by atomic mass is 10.2. The van der Waals surface area contributed by atoms with E-state index in [1.54, 1.807) is 0 Å². The van der Waals surface area contributed by atoms with E-state index in [0.29, 0.717) is 0 Å². The van der Waals surface area contributed by atoms with Gasteiger partial charge in [0.15, 0.2) is 0 Å². The largest absolute Gasteiger partial charge is 0.309 e. The molecule has 1 aromatic rings. The van der Waals surface area contributed by atoms with E-state index in [-0.39, 0.29) is 0 Å². The molecule has 0 fully saturated rings. The second-order valence-electron chi connectivity index (χ2n) is 3.39. The Morgan fingerprint density at radius 1 is 1.14 bits per heavy atom. The molecule has 2 heterocycles. The monoisotopic (exact) mass is 182 g/mol. The van der Waals surface area contributed by atoms with E-state index in [1.807, 2.05) is 0 Å². The molecule has 2 aliphatic rings. The minimum absolute atomic E-state index is 0.790. The minimum atomic E-state index is 0.790. The Bertz CT molecular complexity index is 538. The molecule has 0 amide bonds. The summed E-state index contributed by atoms with van der Waals surface area (Å²) in [5.41, 5.74) is 0. The SMILES string of the molecule is C1=CN2C=c3ccccc3=CC2=NC1. The number of hydrogen-bond donors (Lipinski definition) is 0. The first kappa shape index (κ1) is 7.56. The van der Waals surface area contributed by atoms with Crippen LogP contribution in [0.3, 0.4) is 0 Å². The molecule has 0 saturated carbocycles. The van der Waals surface area contributed by atoms with E-state index in [1.165, 1.54) is 10.4 Å². The van der Waals surface area contributed by atoms with Crippen molar-refractivity contribution >= 4 is 18.1 Å². The van der Waals surface area contributed by atoms with Crippen molar-refractivity contribution in [2.24, 2.45) is 4.99 Å². The van der Waals surface area contributed by atoms with Crippen molar-refractivity contribution in [1.29, 1.82) is 0 Å². The van der Waals surface area contributed by atoms with Crippen LogP contribution in [0.2, 0.25) is 0 Å². The lowest BCUT2D eigenvalue weighted by molar-refractivity contribution is 0.794. The number of fused-ring (bicyclic) bond motifs is 2. The molecule has 0 N–H and O–H groups in total. The predicted octanol–water partition coefficient (Wildman–Crippen LogP) is 0.447. The summed E-state index contributed by atoms with van der Waals surface area (Å²) in [5, 5.41) is 2.50. The number of rotatable bonds is 0. The van der Waals surface area contributed by atoms with Crippen LogP contribution in [0.25, 0.3) is 12.3 Å². The highest BCUT2D eigenvalue weighted by Crippen LogP contribution is 2.04. The Hall–Kier alpha value is -1.83. The second kappa shape index (κ2) is 2.84. The lowest BCUT2D eigenvalue weighted by Gasteiger charge is -2.21. The third-order valence-corrected chi connectivity index (χ3v) is 2.45. The molecule has 0 saturated heterocycles. The predicted molar refractivity (Wildman–Crippen MR) is 57.9 cm³/mol. The van der Waals surface area contributed by atoms with Gasteiger partial charge in [0.25, 0.3) is 0 Å². The number of amidine groups is 1. The standard InChI is InChI=1S/C12H10N2/c1-2-5-11-9-14-7-3-6-13-12(14)8-10(11)4-1/h1-5,7-9H,6H2. The molecule has 2 aliphatic heterocycles. The summed E-state index contributed by atoms with van der Waals surface area (Å²) in [6, 6.07) is 8.34. The van der Waals surface area contributed by atoms with Crippen molar-refractivity contribution in [2.75, 3.05) is 6.54 Å². The Labute approximate surface area is 82.2 Å². The molecule has 0 aromatic heterocycles. The summed E-state index contributed by atoms with van der Waals surface area (Å²) in [4.78, 5) is 6.48. The van der Waals surface area contributed by atoms with Crippen LogP contribution in [0, 0.1) is 0 Å². The van der Waals surface area contributed by atoms with Crippen molar-refractivity contribution in [1.82, 2.24) is 4.90 Å². The molecule has 0 atom stereocenters. The van der Waals surface area contributed by atoms with Crippen molar-refractivity contribution in [2.45, 2.75) is 0 Å². The maximum atomic E-state index is 4.42. The van der Waals surface area contributed by atoms with Gasteiger partial charge in [-0.15, -0.1) is 0 Å². The van der Waals surface area contributed by atoms with Crippen LogP contribution in [0.4, 0.5) is 0 Å². The molecular formula is C12H10N2. The van der Waals surface area contributed by atoms with Gasteiger partial charge in [0, 0.05) is 12.4 Å². The first-order chi connectivity index (χ1) is 6.93. The fourth-order valence-corrected chi connectivity index (χ4v) is 1.74. The van der Waals surface area contributed by atoms with E-state index in [4.69, 9.17) is 0 Å². The molecule has 14 heavy (non-hydrogen) atoms. The molecule has 0 aliphatic carbocycles. The summed E-state index contributed by atoms with van der Waals surface area (Å²) in [6.07, 6.45) is 8.36. The Morgan fingerprint density at radius 2 is 2.00 bits per heavy atom. The topological polar surface area (TPSA) is 15.6 Å². The van der Waals surface area contributed by atoms with E-state index in [0.717, 1.165) is 12.4 Å². The number of benzene rings is 1. The van der Waals surface area contributed by atoms with Crippen LogP contribution in [0.15, 0.2) is 41.5 Å². The van der Waals surface area contributed by atoms with Crippen LogP contribution >= 0.6 is 0 Å². The molecule has 1 aromatic carbocycles. The third kappa shape index (κ3) is 1.08. The molecule has 0 spiro atoms. The van der Waals surface area contributed by atoms with Gasteiger partial charge in [0.05, 0.1) is 6.54 Å². The maximum Gasteiger partial charge on any atom is 0.132 e. The maximum absolute atomic E-state index is 4.42. The molecular weight excluding hydrogens is 172 g/mol. The molecule has 0 bridgehead atoms. The molecule has 0 radical (unpaired) electrons. The van der Waals surface area contributed by atoms with Crippen molar-refractivity contribution in [3.05, 3.63) is 47.0 Å². The van der Waals surface area contributed by atoms with E-state index in [2.05, 4.69) is 58.7 Å². The van der Waals surface area contributed by atoms with Gasteiger partial charge < -0.3 is 4.90 Å². The van der Waals surface area contributed by atoms with Crippen molar-refractivity contribution in [3.8, 4) is 0 Å². The smallest absolute Gasteiger partial charge is 0.132 e. The van der Waals surface area contributed by atoms with Crippen LogP contribution in [0.5, 0.6) is 0 Å². The summed E-state index contributed by atoms with van der Waals surface area (Å²) in [5.74, 6) is 1.03. The molecule has 0 unspecified atom stereocenters. The third-order valence-electron chi connectivity index (χ3n) is 2.45. The minimum Gasteiger partial charge on any atom is -0.309 e. The molecule has 2 nitrogen and oxygen atoms in total. The van der Waals surface area contributed by atoms with Crippen molar-refractivity contribution in [3.63, 3.8) is 0 Å². The van der Waals surface area contributed by atoms with Crippen LogP contribution in [-0.2, 0) is 0 Å². The highest BCUT2D eigenvalue weighted by molar-refractivity contribution is 6.11. The summed E-state index contributed by atoms with van der Waals surface area (Å²) >= 11 is 0. The molecule has 3 rings (SSSR count). The quantitative estimate of drug-likeness (QED) is 0.568. The first-order valence-corrected chi connectivity index (χ1v) is 4.71. The highest BCUT2D eigenvalue weighted by Gasteiger charge is 2.08. The second-order valence-corrected chi connectivity index (χ2v) is 3.39. The van der Waals surface area contributed by atoms with Gasteiger partial charge in [0.1, 0.15) is 5.84 Å². The van der Waals surface area contributed by atoms with Gasteiger partial charge in [-0.2, -0.15) is 0 Å². The van der Waals surface area contributed by atoms with Gasteiger partial charge in [-0.25, -0.2) is 0 Å². The number of aliphatic imine (C=N–C) groups is 1. The average Bonchev–Trinajstić information content (AvgIpc) is 2.26. The summed E-state index contributed by atoms with van der Waals surface area (Å²) < 4.78 is 0. The zero-order chi connectivity index (χ0) is 9.38. The van der Waals surface area contributed by atoms with Crippen LogP contribution in [0.1, 0.15) is 0 Å². The summed E-state index contributed by atoms with van der Waals surface area (Å²) in [7, 11) is 0. The van der Waals surface area contributed by atoms with E-state index < -0.39 is 0 Å². The Balaban J connectivity index is 2.30. The fraction of sp³-hybridized carbons (Fsp3) is 0.0833. The molecule has 2 heteroatoms. The highest BCUT2D eigenvalue weighted by atomic mass is 15.2. The van der Waals surface area contributed by atoms with E-state index >= 15 is 0 Å². The zero-order valence-corrected chi connectivity index (χ0v) is 7.72. The van der Waals surface area contributed by atoms with Crippen molar-refractivity contribution < 1.29 is 0 Å². The van der Waals surface area contributed by atoms with Gasteiger partial charge in [-0.05, 0) is 22.6 Å². The number of nitrogens with zero attached hydrogens (tertiary/aromatic N) is 2. The van der Waals surface area contributed by atoms with Gasteiger partial charge >= 0.3 is 0 Å². The lowest BCUT2D eigenvalue weighted by Crippen LogP contribution is -2.37.